The molecule has 0 radical (unpaired) electrons. The molecular formula is C14H20ClN3O2. The van der Waals surface area contributed by atoms with Crippen molar-refractivity contribution in [3.8, 4) is 0 Å². The van der Waals surface area contributed by atoms with Crippen molar-refractivity contribution in [2.75, 3.05) is 25.0 Å². The van der Waals surface area contributed by atoms with E-state index in [-0.39, 0.29) is 30.1 Å². The first-order valence-corrected chi connectivity index (χ1v) is 6.61. The lowest BCUT2D eigenvalue weighted by Gasteiger charge is -2.13. The highest BCUT2D eigenvalue weighted by atomic mass is 35.5. The molecule has 1 aliphatic heterocycles. The van der Waals surface area contributed by atoms with E-state index in [1.165, 1.54) is 0 Å². The van der Waals surface area contributed by atoms with Crippen LogP contribution in [0.15, 0.2) is 24.3 Å². The quantitative estimate of drug-likeness (QED) is 0.787. The molecule has 2 rings (SSSR count). The van der Waals surface area contributed by atoms with Gasteiger partial charge in [-0.05, 0) is 32.0 Å². The van der Waals surface area contributed by atoms with Crippen LogP contribution in [-0.4, -0.2) is 31.4 Å². The zero-order valence-electron chi connectivity index (χ0n) is 11.4. The molecule has 0 aliphatic carbocycles. The molecular weight excluding hydrogens is 278 g/mol. The van der Waals surface area contributed by atoms with E-state index in [2.05, 4.69) is 16.0 Å². The number of anilines is 1. The van der Waals surface area contributed by atoms with Crippen molar-refractivity contribution in [2.45, 2.75) is 13.3 Å². The van der Waals surface area contributed by atoms with Gasteiger partial charge >= 0.3 is 0 Å². The van der Waals surface area contributed by atoms with Crippen LogP contribution in [0.5, 0.6) is 0 Å². The van der Waals surface area contributed by atoms with Gasteiger partial charge in [0.05, 0.1) is 17.2 Å². The Balaban J connectivity index is 0.00000200. The van der Waals surface area contributed by atoms with Gasteiger partial charge in [0.2, 0.25) is 5.91 Å². The summed E-state index contributed by atoms with van der Waals surface area (Å²) in [5, 5.41) is 8.75. The van der Waals surface area contributed by atoms with E-state index >= 15 is 0 Å². The molecule has 1 aromatic carbocycles. The van der Waals surface area contributed by atoms with Gasteiger partial charge < -0.3 is 16.0 Å². The number of hydrogen-bond donors (Lipinski definition) is 3. The molecule has 5 nitrogen and oxygen atoms in total. The maximum Gasteiger partial charge on any atom is 0.253 e. The smallest absolute Gasteiger partial charge is 0.253 e. The molecule has 110 valence electrons. The Morgan fingerprint density at radius 3 is 2.75 bits per heavy atom. The SMILES string of the molecule is CCNC(=O)c1ccccc1NC(=O)C1CCNC1.Cl. The first-order valence-electron chi connectivity index (χ1n) is 6.61. The van der Waals surface area contributed by atoms with Crippen molar-refractivity contribution in [3.05, 3.63) is 29.8 Å². The van der Waals surface area contributed by atoms with Crippen molar-refractivity contribution >= 4 is 29.9 Å². The van der Waals surface area contributed by atoms with Crippen LogP contribution in [0.1, 0.15) is 23.7 Å². The van der Waals surface area contributed by atoms with Crippen molar-refractivity contribution in [3.63, 3.8) is 0 Å². The van der Waals surface area contributed by atoms with Gasteiger partial charge in [-0.15, -0.1) is 12.4 Å². The Morgan fingerprint density at radius 1 is 1.35 bits per heavy atom. The van der Waals surface area contributed by atoms with Gasteiger partial charge in [-0.2, -0.15) is 0 Å². The van der Waals surface area contributed by atoms with Crippen LogP contribution in [0, 0.1) is 5.92 Å². The summed E-state index contributed by atoms with van der Waals surface area (Å²) in [6, 6.07) is 7.07. The fourth-order valence-corrected chi connectivity index (χ4v) is 2.16. The van der Waals surface area contributed by atoms with Gasteiger partial charge in [-0.25, -0.2) is 0 Å². The van der Waals surface area contributed by atoms with E-state index in [9.17, 15) is 9.59 Å². The average molecular weight is 298 g/mol. The fraction of sp³-hybridized carbons (Fsp3) is 0.429. The molecule has 0 spiro atoms. The van der Waals surface area contributed by atoms with Crippen LogP contribution in [-0.2, 0) is 4.79 Å². The third-order valence-corrected chi connectivity index (χ3v) is 3.20. The van der Waals surface area contributed by atoms with Gasteiger partial charge in [0.1, 0.15) is 0 Å². The molecule has 2 amide bonds. The minimum Gasteiger partial charge on any atom is -0.352 e. The monoisotopic (exact) mass is 297 g/mol. The van der Waals surface area contributed by atoms with Gasteiger partial charge in [-0.3, -0.25) is 9.59 Å². The predicted octanol–water partition coefficient (Wildman–Crippen LogP) is 1.41. The van der Waals surface area contributed by atoms with Crippen molar-refractivity contribution < 1.29 is 9.59 Å². The molecule has 0 saturated carbocycles. The zero-order valence-corrected chi connectivity index (χ0v) is 12.3. The van der Waals surface area contributed by atoms with Crippen molar-refractivity contribution in [1.29, 1.82) is 0 Å². The molecule has 6 heteroatoms. The summed E-state index contributed by atoms with van der Waals surface area (Å²) in [6.07, 6.45) is 0.842. The molecule has 1 unspecified atom stereocenters. The predicted molar refractivity (Wildman–Crippen MR) is 81.3 cm³/mol. The van der Waals surface area contributed by atoms with E-state index in [1.54, 1.807) is 18.2 Å². The lowest BCUT2D eigenvalue weighted by atomic mass is 10.1. The third kappa shape index (κ3) is 3.95. The summed E-state index contributed by atoms with van der Waals surface area (Å²) in [6.45, 7) is 4.00. The number of halogens is 1. The highest BCUT2D eigenvalue weighted by molar-refractivity contribution is 6.04. The maximum absolute atomic E-state index is 12.1. The Morgan fingerprint density at radius 2 is 2.10 bits per heavy atom. The summed E-state index contributed by atoms with van der Waals surface area (Å²) in [7, 11) is 0. The topological polar surface area (TPSA) is 70.2 Å². The largest absolute Gasteiger partial charge is 0.352 e. The summed E-state index contributed by atoms with van der Waals surface area (Å²) in [4.78, 5) is 24.0. The number of para-hydroxylation sites is 1. The van der Waals surface area contributed by atoms with Crippen LogP contribution in [0.2, 0.25) is 0 Å². The zero-order chi connectivity index (χ0) is 13.7. The highest BCUT2D eigenvalue weighted by Crippen LogP contribution is 2.17. The van der Waals surface area contributed by atoms with Crippen molar-refractivity contribution in [1.82, 2.24) is 10.6 Å². The Kier molecular flexibility index (Phi) is 6.48. The number of carbonyl (C=O) groups excluding carboxylic acids is 2. The van der Waals surface area contributed by atoms with Crippen LogP contribution in [0.3, 0.4) is 0 Å². The molecule has 1 aliphatic rings. The number of rotatable bonds is 4. The third-order valence-electron chi connectivity index (χ3n) is 3.20. The second-order valence-electron chi connectivity index (χ2n) is 4.58. The molecule has 1 aromatic rings. The van der Waals surface area contributed by atoms with E-state index in [0.717, 1.165) is 13.0 Å². The average Bonchev–Trinajstić information content (AvgIpc) is 2.93. The highest BCUT2D eigenvalue weighted by Gasteiger charge is 2.23. The Labute approximate surface area is 124 Å². The summed E-state index contributed by atoms with van der Waals surface area (Å²) >= 11 is 0. The summed E-state index contributed by atoms with van der Waals surface area (Å²) < 4.78 is 0. The number of nitrogens with one attached hydrogen (secondary N) is 3. The molecule has 20 heavy (non-hydrogen) atoms. The minimum atomic E-state index is -0.164. The van der Waals surface area contributed by atoms with E-state index in [4.69, 9.17) is 0 Å². The molecule has 3 N–H and O–H groups in total. The van der Waals surface area contributed by atoms with Crippen LogP contribution in [0.4, 0.5) is 5.69 Å². The van der Waals surface area contributed by atoms with E-state index in [0.29, 0.717) is 24.3 Å². The van der Waals surface area contributed by atoms with Gasteiger partial charge in [0.15, 0.2) is 0 Å². The van der Waals surface area contributed by atoms with Gasteiger partial charge in [0, 0.05) is 13.1 Å². The Bertz CT molecular complexity index is 473. The first-order chi connectivity index (χ1) is 9.22. The second kappa shape index (κ2) is 7.87. The van der Waals surface area contributed by atoms with Gasteiger partial charge in [-0.1, -0.05) is 12.1 Å². The van der Waals surface area contributed by atoms with Crippen LogP contribution >= 0.6 is 12.4 Å². The summed E-state index contributed by atoms with van der Waals surface area (Å²) in [5.41, 5.74) is 1.08. The van der Waals surface area contributed by atoms with Crippen LogP contribution in [0.25, 0.3) is 0 Å². The number of amides is 2. The minimum absolute atomic E-state index is 0. The second-order valence-corrected chi connectivity index (χ2v) is 4.58. The maximum atomic E-state index is 12.1. The lowest BCUT2D eigenvalue weighted by Crippen LogP contribution is -2.28. The van der Waals surface area contributed by atoms with Crippen molar-refractivity contribution in [2.24, 2.45) is 5.92 Å². The molecule has 1 fully saturated rings. The standard InChI is InChI=1S/C14H19N3O2.ClH/c1-2-16-14(19)11-5-3-4-6-12(11)17-13(18)10-7-8-15-9-10;/h3-6,10,15H,2,7-9H2,1H3,(H,16,19)(H,17,18);1H. The number of carbonyl (C=O) groups is 2. The normalized spacial score (nSPS) is 17.1. The fourth-order valence-electron chi connectivity index (χ4n) is 2.16. The molecule has 0 aromatic heterocycles. The molecule has 1 atom stereocenters. The number of benzene rings is 1. The molecule has 1 heterocycles. The molecule has 1 saturated heterocycles. The van der Waals surface area contributed by atoms with Gasteiger partial charge in [0.25, 0.3) is 5.91 Å². The number of hydrogen-bond acceptors (Lipinski definition) is 3. The van der Waals surface area contributed by atoms with E-state index in [1.807, 2.05) is 13.0 Å². The van der Waals surface area contributed by atoms with E-state index < -0.39 is 0 Å². The lowest BCUT2D eigenvalue weighted by molar-refractivity contribution is -0.119. The molecule has 0 bridgehead atoms. The first kappa shape index (κ1) is 16.5. The Hall–Kier alpha value is -1.59. The van der Waals surface area contributed by atoms with Crippen LogP contribution < -0.4 is 16.0 Å². The summed E-state index contributed by atoms with van der Waals surface area (Å²) in [5.74, 6) is -0.202.